The smallest absolute Gasteiger partial charge is 0.310 e. The summed E-state index contributed by atoms with van der Waals surface area (Å²) in [7, 11) is 1.56. The van der Waals surface area contributed by atoms with Gasteiger partial charge in [0.2, 0.25) is 6.23 Å². The maximum absolute atomic E-state index is 12.9. The largest absolute Gasteiger partial charge is 0.623 e. The Morgan fingerprint density at radius 3 is 2.89 bits per heavy atom. The number of thioether (sulfide) groups is 1. The van der Waals surface area contributed by atoms with E-state index in [1.165, 1.54) is 23.1 Å². The quantitative estimate of drug-likeness (QED) is 0.487. The maximum atomic E-state index is 12.9. The van der Waals surface area contributed by atoms with Crippen molar-refractivity contribution in [2.45, 2.75) is 23.5 Å². The van der Waals surface area contributed by atoms with E-state index in [9.17, 15) is 10.3 Å². The van der Waals surface area contributed by atoms with E-state index in [4.69, 9.17) is 4.74 Å². The van der Waals surface area contributed by atoms with Crippen LogP contribution in [0.25, 0.3) is 0 Å². The number of methoxy groups -OCH3 is 1. The van der Waals surface area contributed by atoms with E-state index in [0.29, 0.717) is 18.3 Å². The fourth-order valence-corrected chi connectivity index (χ4v) is 3.55. The summed E-state index contributed by atoms with van der Waals surface area (Å²) in [5, 5.41) is 31.4. The fraction of sp³-hybridized carbons (Fsp3) is 0.800. The van der Waals surface area contributed by atoms with Crippen molar-refractivity contribution in [1.29, 1.82) is 0 Å². The topological polar surface area (TPSA) is 81.5 Å². The van der Waals surface area contributed by atoms with Gasteiger partial charge >= 0.3 is 5.13 Å². The third kappa shape index (κ3) is 2.64. The van der Waals surface area contributed by atoms with Gasteiger partial charge < -0.3 is 15.1 Å². The van der Waals surface area contributed by atoms with E-state index in [2.05, 4.69) is 10.2 Å². The number of aromatic nitrogens is 2. The van der Waals surface area contributed by atoms with E-state index in [-0.39, 0.29) is 12.7 Å². The Kier molecular flexibility index (Phi) is 4.77. The monoisotopic (exact) mass is 306 g/mol. The van der Waals surface area contributed by atoms with Gasteiger partial charge in [0.1, 0.15) is 12.7 Å². The molecular formula is C10H18N4O3S2. The molecular weight excluding hydrogens is 288 g/mol. The third-order valence-corrected chi connectivity index (χ3v) is 5.28. The molecule has 0 aromatic carbocycles. The first kappa shape index (κ1) is 15.1. The zero-order valence-corrected chi connectivity index (χ0v) is 12.8. The third-order valence-electron chi connectivity index (χ3n) is 3.27. The Bertz CT molecular complexity index is 433. The SMILES string of the molecule is CCN1C[N+]([O-])(c2nnc(SC)s2)C(O)C1COC. The molecule has 1 aliphatic heterocycles. The molecule has 0 bridgehead atoms. The van der Waals surface area contributed by atoms with Gasteiger partial charge in [0, 0.05) is 13.7 Å². The van der Waals surface area contributed by atoms with E-state index in [1.54, 1.807) is 7.11 Å². The van der Waals surface area contributed by atoms with Crippen molar-refractivity contribution in [2.75, 3.05) is 33.2 Å². The molecule has 0 amide bonds. The number of hydrogen-bond donors (Lipinski definition) is 1. The van der Waals surface area contributed by atoms with Crippen molar-refractivity contribution < 1.29 is 9.84 Å². The number of quaternary nitrogens is 1. The molecule has 0 saturated carbocycles. The lowest BCUT2D eigenvalue weighted by Crippen LogP contribution is -2.51. The first-order valence-electron chi connectivity index (χ1n) is 5.94. The predicted molar refractivity (Wildman–Crippen MR) is 75.8 cm³/mol. The van der Waals surface area contributed by atoms with Gasteiger partial charge in [-0.1, -0.05) is 23.8 Å². The lowest BCUT2D eigenvalue weighted by molar-refractivity contribution is 0.0200. The van der Waals surface area contributed by atoms with Crippen molar-refractivity contribution in [3.05, 3.63) is 5.21 Å². The van der Waals surface area contributed by atoms with Crippen LogP contribution in [0.2, 0.25) is 0 Å². The number of hydroxylamine groups is 2. The summed E-state index contributed by atoms with van der Waals surface area (Å²) in [6.45, 7) is 3.14. The normalized spacial score (nSPS) is 32.1. The van der Waals surface area contributed by atoms with E-state index in [0.717, 1.165) is 4.34 Å². The van der Waals surface area contributed by atoms with Crippen molar-refractivity contribution >= 4 is 28.2 Å². The molecule has 3 unspecified atom stereocenters. The van der Waals surface area contributed by atoms with Crippen LogP contribution < -0.4 is 4.65 Å². The van der Waals surface area contributed by atoms with E-state index < -0.39 is 10.9 Å². The summed E-state index contributed by atoms with van der Waals surface area (Å²) in [6.07, 6.45) is 0.786. The minimum absolute atomic E-state index is 0.175. The fourth-order valence-electron chi connectivity index (χ4n) is 2.23. The zero-order valence-electron chi connectivity index (χ0n) is 11.1. The summed E-state index contributed by atoms with van der Waals surface area (Å²) in [5.74, 6) is 0. The number of nitrogens with zero attached hydrogens (tertiary/aromatic N) is 4. The summed E-state index contributed by atoms with van der Waals surface area (Å²) in [6, 6.07) is -0.311. The molecule has 0 radical (unpaired) electrons. The second-order valence-corrected chi connectivity index (χ2v) is 6.34. The predicted octanol–water partition coefficient (Wildman–Crippen LogP) is 0.691. The summed E-state index contributed by atoms with van der Waals surface area (Å²) < 4.78 is 4.97. The van der Waals surface area contributed by atoms with Gasteiger partial charge in [-0.15, -0.1) is 5.10 Å². The van der Waals surface area contributed by atoms with Crippen LogP contribution in [0.5, 0.6) is 0 Å². The van der Waals surface area contributed by atoms with Crippen LogP contribution in [0.1, 0.15) is 6.92 Å². The highest BCUT2D eigenvalue weighted by molar-refractivity contribution is 8.00. The van der Waals surface area contributed by atoms with Gasteiger partial charge in [0.15, 0.2) is 4.34 Å². The van der Waals surface area contributed by atoms with E-state index >= 15 is 0 Å². The van der Waals surface area contributed by atoms with Crippen molar-refractivity contribution in [1.82, 2.24) is 19.7 Å². The van der Waals surface area contributed by atoms with Gasteiger partial charge in [0.25, 0.3) is 0 Å². The average molecular weight is 306 g/mol. The summed E-state index contributed by atoms with van der Waals surface area (Å²) in [5.41, 5.74) is 0. The highest BCUT2D eigenvalue weighted by atomic mass is 32.2. The van der Waals surface area contributed by atoms with Gasteiger partial charge in [-0.2, -0.15) is 0 Å². The van der Waals surface area contributed by atoms with Crippen LogP contribution in [0.3, 0.4) is 0 Å². The van der Waals surface area contributed by atoms with Crippen LogP contribution in [0, 0.1) is 5.21 Å². The first-order valence-corrected chi connectivity index (χ1v) is 7.98. The van der Waals surface area contributed by atoms with Crippen molar-refractivity contribution in [2.24, 2.45) is 0 Å². The highest BCUT2D eigenvalue weighted by Gasteiger charge is 2.49. The summed E-state index contributed by atoms with van der Waals surface area (Å²) in [4.78, 5) is 1.92. The van der Waals surface area contributed by atoms with Crippen LogP contribution in [-0.4, -0.2) is 65.7 Å². The van der Waals surface area contributed by atoms with Crippen molar-refractivity contribution in [3.63, 3.8) is 0 Å². The minimum Gasteiger partial charge on any atom is -0.623 e. The number of likely N-dealkylation sites (N-methyl/N-ethyl adjacent to an activating group) is 1. The van der Waals surface area contributed by atoms with Crippen LogP contribution >= 0.6 is 23.1 Å². The maximum Gasteiger partial charge on any atom is 0.310 e. The average Bonchev–Trinajstić information content (AvgIpc) is 2.98. The number of aliphatic hydroxyl groups is 1. The molecule has 1 aromatic rings. The number of rotatable bonds is 5. The summed E-state index contributed by atoms with van der Waals surface area (Å²) >= 11 is 2.68. The molecule has 1 aliphatic rings. The Labute approximate surface area is 120 Å². The standard InChI is InChI=1S/C10H18N4O3S2/c1-4-13-6-14(16,8(15)7(13)5-17-2)9-11-12-10(18-3)19-9/h7-8,15H,4-6H2,1-3H3. The molecule has 1 saturated heterocycles. The van der Waals surface area contributed by atoms with Gasteiger partial charge in [0.05, 0.1) is 6.61 Å². The molecule has 108 valence electrons. The van der Waals surface area contributed by atoms with Gasteiger partial charge in [-0.3, -0.25) is 4.65 Å². The highest BCUT2D eigenvalue weighted by Crippen LogP contribution is 2.37. The van der Waals surface area contributed by atoms with Crippen LogP contribution in [0.4, 0.5) is 5.13 Å². The Hall–Kier alpha value is -0.290. The van der Waals surface area contributed by atoms with Crippen LogP contribution in [-0.2, 0) is 4.74 Å². The molecule has 19 heavy (non-hydrogen) atoms. The van der Waals surface area contributed by atoms with E-state index in [1.807, 2.05) is 18.1 Å². The molecule has 1 N–H and O–H groups in total. The molecule has 2 heterocycles. The zero-order chi connectivity index (χ0) is 14.0. The minimum atomic E-state index is -1.09. The molecule has 9 heteroatoms. The van der Waals surface area contributed by atoms with Crippen LogP contribution in [0.15, 0.2) is 4.34 Å². The number of ether oxygens (including phenoxy) is 1. The second kappa shape index (κ2) is 6.00. The molecule has 0 aliphatic carbocycles. The van der Waals surface area contributed by atoms with Gasteiger partial charge in [-0.05, 0) is 17.6 Å². The Morgan fingerprint density at radius 1 is 1.63 bits per heavy atom. The lowest BCUT2D eigenvalue weighted by Gasteiger charge is -2.37. The van der Waals surface area contributed by atoms with Crippen molar-refractivity contribution in [3.8, 4) is 0 Å². The second-order valence-electron chi connectivity index (χ2n) is 4.33. The first-order chi connectivity index (χ1) is 9.06. The lowest BCUT2D eigenvalue weighted by atomic mass is 10.2. The number of hydrogen-bond acceptors (Lipinski definition) is 8. The molecule has 7 nitrogen and oxygen atoms in total. The van der Waals surface area contributed by atoms with Gasteiger partial charge in [-0.25, -0.2) is 4.90 Å². The Morgan fingerprint density at radius 2 is 2.37 bits per heavy atom. The Balaban J connectivity index is 2.27. The molecule has 0 spiro atoms. The molecule has 3 atom stereocenters. The molecule has 1 fully saturated rings. The molecule has 2 rings (SSSR count). The molecule has 1 aromatic heterocycles. The number of aliphatic hydroxyl groups excluding tert-OH is 1.